The molecule has 24 heavy (non-hydrogen) atoms. The summed E-state index contributed by atoms with van der Waals surface area (Å²) in [7, 11) is 0. The molecule has 1 heterocycles. The van der Waals surface area contributed by atoms with Gasteiger partial charge in [0.1, 0.15) is 11.4 Å². The van der Waals surface area contributed by atoms with Gasteiger partial charge in [0.25, 0.3) is 0 Å². The zero-order chi connectivity index (χ0) is 17.9. The molecule has 1 aromatic heterocycles. The first-order valence-electron chi connectivity index (χ1n) is 8.00. The Labute approximate surface area is 139 Å². The van der Waals surface area contributed by atoms with Crippen molar-refractivity contribution in [1.82, 2.24) is 15.1 Å². The summed E-state index contributed by atoms with van der Waals surface area (Å²) in [6.07, 6.45) is 2.65. The van der Waals surface area contributed by atoms with E-state index in [1.165, 1.54) is 4.68 Å². The molecule has 0 unspecified atom stereocenters. The minimum atomic E-state index is -0.772. The topological polar surface area (TPSA) is 127 Å². The largest absolute Gasteiger partial charge is 0.481 e. The van der Waals surface area contributed by atoms with Gasteiger partial charge in [-0.3, -0.25) is 24.4 Å². The van der Waals surface area contributed by atoms with Crippen LogP contribution >= 0.6 is 0 Å². The number of aryl methyl sites for hydroxylation is 2. The van der Waals surface area contributed by atoms with Crippen molar-refractivity contribution in [1.29, 1.82) is 0 Å². The number of aromatic nitrogens is 2. The van der Waals surface area contributed by atoms with Gasteiger partial charge in [-0.05, 0) is 39.5 Å². The van der Waals surface area contributed by atoms with Gasteiger partial charge in [-0.25, -0.2) is 0 Å². The van der Waals surface area contributed by atoms with Gasteiger partial charge < -0.3 is 10.4 Å². The number of aliphatic carboxylic acids is 1. The van der Waals surface area contributed by atoms with E-state index in [9.17, 15) is 19.7 Å². The van der Waals surface area contributed by atoms with Crippen LogP contribution in [0.15, 0.2) is 0 Å². The first-order valence-corrected chi connectivity index (χ1v) is 8.00. The molecule has 0 aliphatic heterocycles. The number of amides is 1. The van der Waals surface area contributed by atoms with Gasteiger partial charge in [0, 0.05) is 12.5 Å². The van der Waals surface area contributed by atoms with Gasteiger partial charge in [0.2, 0.25) is 5.91 Å². The molecule has 1 fully saturated rings. The molecule has 0 radical (unpaired) electrons. The van der Waals surface area contributed by atoms with E-state index in [2.05, 4.69) is 10.4 Å². The lowest BCUT2D eigenvalue weighted by molar-refractivity contribution is -0.386. The van der Waals surface area contributed by atoms with Crippen LogP contribution in [0, 0.1) is 29.9 Å². The third-order valence-corrected chi connectivity index (χ3v) is 4.52. The summed E-state index contributed by atoms with van der Waals surface area (Å²) in [6.45, 7) is 3.46. The summed E-state index contributed by atoms with van der Waals surface area (Å²) < 4.78 is 1.48. The van der Waals surface area contributed by atoms with Crippen molar-refractivity contribution in [3.8, 4) is 0 Å². The van der Waals surface area contributed by atoms with Crippen LogP contribution in [0.2, 0.25) is 0 Å². The summed E-state index contributed by atoms with van der Waals surface area (Å²) in [4.78, 5) is 33.4. The molecule has 0 atom stereocenters. The molecule has 1 aliphatic carbocycles. The highest BCUT2D eigenvalue weighted by Gasteiger charge is 2.27. The van der Waals surface area contributed by atoms with E-state index in [0.29, 0.717) is 37.1 Å². The zero-order valence-corrected chi connectivity index (χ0v) is 13.8. The van der Waals surface area contributed by atoms with Gasteiger partial charge in [0.15, 0.2) is 0 Å². The number of carboxylic acid groups (broad SMARTS) is 1. The van der Waals surface area contributed by atoms with Crippen molar-refractivity contribution < 1.29 is 19.6 Å². The third-order valence-electron chi connectivity index (χ3n) is 4.52. The van der Waals surface area contributed by atoms with Crippen LogP contribution in [0.1, 0.15) is 43.5 Å². The van der Waals surface area contributed by atoms with E-state index in [1.807, 2.05) is 0 Å². The van der Waals surface area contributed by atoms with Gasteiger partial charge in [-0.1, -0.05) is 0 Å². The number of carboxylic acids is 1. The lowest BCUT2D eigenvalue weighted by Crippen LogP contribution is -2.39. The van der Waals surface area contributed by atoms with Crippen molar-refractivity contribution in [2.24, 2.45) is 5.92 Å². The number of carbonyl (C=O) groups excluding carboxylic acids is 1. The SMILES string of the molecule is Cc1nn(CCC(=O)NC2CCC(C(=O)O)CC2)c(C)c1[N+](=O)[O-]. The Balaban J connectivity index is 1.83. The Kier molecular flexibility index (Phi) is 5.53. The minimum absolute atomic E-state index is 0.00268. The first kappa shape index (κ1) is 17.9. The number of hydrogen-bond donors (Lipinski definition) is 2. The summed E-state index contributed by atoms with van der Waals surface area (Å²) in [5.74, 6) is -1.23. The van der Waals surface area contributed by atoms with E-state index >= 15 is 0 Å². The zero-order valence-electron chi connectivity index (χ0n) is 13.8. The molecule has 2 rings (SSSR count). The molecule has 1 amide bonds. The molecular weight excluding hydrogens is 316 g/mol. The Morgan fingerprint density at radius 1 is 1.33 bits per heavy atom. The van der Waals surface area contributed by atoms with E-state index in [0.717, 1.165) is 0 Å². The molecule has 1 aromatic rings. The monoisotopic (exact) mass is 338 g/mol. The summed E-state index contributed by atoms with van der Waals surface area (Å²) >= 11 is 0. The Morgan fingerprint density at radius 2 is 1.96 bits per heavy atom. The van der Waals surface area contributed by atoms with Gasteiger partial charge in [-0.2, -0.15) is 5.10 Å². The molecule has 1 aliphatic rings. The lowest BCUT2D eigenvalue weighted by atomic mass is 9.86. The summed E-state index contributed by atoms with van der Waals surface area (Å²) in [5.41, 5.74) is 0.763. The van der Waals surface area contributed by atoms with E-state index < -0.39 is 10.9 Å². The number of nitro groups is 1. The van der Waals surface area contributed by atoms with Crippen molar-refractivity contribution in [2.45, 2.75) is 58.5 Å². The molecule has 9 nitrogen and oxygen atoms in total. The molecular formula is C15H22N4O5. The number of hydrogen-bond acceptors (Lipinski definition) is 5. The standard InChI is InChI=1S/C15H22N4O5/c1-9-14(19(23)24)10(2)18(17-9)8-7-13(20)16-12-5-3-11(4-6-12)15(21)22/h11-12H,3-8H2,1-2H3,(H,16,20)(H,21,22). The molecule has 0 spiro atoms. The van der Waals surface area contributed by atoms with Crippen LogP contribution < -0.4 is 5.32 Å². The van der Waals surface area contributed by atoms with Crippen molar-refractivity contribution in [3.05, 3.63) is 21.5 Å². The average molecular weight is 338 g/mol. The molecule has 0 aromatic carbocycles. The van der Waals surface area contributed by atoms with Crippen LogP contribution in [-0.4, -0.2) is 37.7 Å². The second kappa shape index (κ2) is 7.41. The summed E-state index contributed by atoms with van der Waals surface area (Å²) in [6, 6.07) is 0.00268. The number of carbonyl (C=O) groups is 2. The number of nitrogens with one attached hydrogen (secondary N) is 1. The Bertz CT molecular complexity index is 647. The summed E-state index contributed by atoms with van der Waals surface area (Å²) in [5, 5.41) is 26.9. The highest BCUT2D eigenvalue weighted by Crippen LogP contribution is 2.25. The van der Waals surface area contributed by atoms with Gasteiger partial charge in [0.05, 0.1) is 17.4 Å². The highest BCUT2D eigenvalue weighted by molar-refractivity contribution is 5.76. The Hall–Kier alpha value is -2.45. The van der Waals surface area contributed by atoms with Crippen molar-refractivity contribution in [2.75, 3.05) is 0 Å². The van der Waals surface area contributed by atoms with Crippen LogP contribution in [0.5, 0.6) is 0 Å². The van der Waals surface area contributed by atoms with Crippen molar-refractivity contribution >= 4 is 17.6 Å². The molecule has 1 saturated carbocycles. The number of rotatable bonds is 6. The first-order chi connectivity index (χ1) is 11.3. The van der Waals surface area contributed by atoms with Gasteiger partial charge >= 0.3 is 11.7 Å². The van der Waals surface area contributed by atoms with Crippen molar-refractivity contribution in [3.63, 3.8) is 0 Å². The Morgan fingerprint density at radius 3 is 2.46 bits per heavy atom. The van der Waals surface area contributed by atoms with Crippen LogP contribution in [0.4, 0.5) is 5.69 Å². The normalized spacial score (nSPS) is 20.6. The quantitative estimate of drug-likeness (QED) is 0.598. The van der Waals surface area contributed by atoms with Crippen LogP contribution in [0.25, 0.3) is 0 Å². The maximum Gasteiger partial charge on any atom is 0.312 e. The van der Waals surface area contributed by atoms with E-state index in [4.69, 9.17) is 5.11 Å². The molecule has 132 valence electrons. The van der Waals surface area contributed by atoms with E-state index in [1.54, 1.807) is 13.8 Å². The third kappa shape index (κ3) is 4.09. The highest BCUT2D eigenvalue weighted by atomic mass is 16.6. The predicted octanol–water partition coefficient (Wildman–Crippen LogP) is 1.56. The second-order valence-electron chi connectivity index (χ2n) is 6.20. The molecule has 2 N–H and O–H groups in total. The van der Waals surface area contributed by atoms with Gasteiger partial charge in [-0.15, -0.1) is 0 Å². The fraction of sp³-hybridized carbons (Fsp3) is 0.667. The fourth-order valence-corrected chi connectivity index (χ4v) is 3.16. The minimum Gasteiger partial charge on any atom is -0.481 e. The number of nitrogens with zero attached hydrogens (tertiary/aromatic N) is 3. The van der Waals surface area contributed by atoms with Crippen LogP contribution in [0.3, 0.4) is 0 Å². The maximum absolute atomic E-state index is 12.0. The van der Waals surface area contributed by atoms with E-state index in [-0.39, 0.29) is 36.5 Å². The lowest BCUT2D eigenvalue weighted by Gasteiger charge is -2.26. The van der Waals surface area contributed by atoms with Crippen LogP contribution in [-0.2, 0) is 16.1 Å². The molecule has 0 saturated heterocycles. The predicted molar refractivity (Wildman–Crippen MR) is 84.5 cm³/mol. The maximum atomic E-state index is 12.0. The molecule has 9 heteroatoms. The smallest absolute Gasteiger partial charge is 0.312 e. The second-order valence-corrected chi connectivity index (χ2v) is 6.20. The molecule has 0 bridgehead atoms. The average Bonchev–Trinajstić information content (AvgIpc) is 2.80. The fourth-order valence-electron chi connectivity index (χ4n) is 3.16.